The van der Waals surface area contributed by atoms with Crippen LogP contribution < -0.4 is 5.48 Å². The molecular weight excluding hydrogens is 166 g/mol. The second-order valence-electron chi connectivity index (χ2n) is 3.70. The maximum Gasteiger partial charge on any atom is 0.0207 e. The first-order valence-electron chi connectivity index (χ1n) is 5.02. The van der Waals surface area contributed by atoms with E-state index in [4.69, 9.17) is 5.21 Å². The number of unbranched alkanes of at least 4 members (excludes halogenated alkanes) is 3. The van der Waals surface area contributed by atoms with Crippen molar-refractivity contribution < 1.29 is 10.7 Å². The average molecular weight is 193 g/mol. The highest BCUT2D eigenvalue weighted by molar-refractivity contribution is 4.39. The van der Waals surface area contributed by atoms with Crippen LogP contribution in [0.1, 0.15) is 53.4 Å². The van der Waals surface area contributed by atoms with Crippen LogP contribution in [0.15, 0.2) is 0 Å². The van der Waals surface area contributed by atoms with E-state index in [2.05, 4.69) is 33.2 Å². The minimum atomic E-state index is 0. The van der Waals surface area contributed by atoms with E-state index in [-0.39, 0.29) is 5.48 Å². The molecule has 84 valence electrons. The molecule has 0 atom stereocenters. The minimum Gasteiger partial charge on any atom is -0.412 e. The van der Waals surface area contributed by atoms with Gasteiger partial charge in [0, 0.05) is 6.54 Å². The van der Waals surface area contributed by atoms with Gasteiger partial charge in [-0.1, -0.05) is 47.0 Å². The predicted octanol–water partition coefficient (Wildman–Crippen LogP) is 2.38. The highest BCUT2D eigenvalue weighted by Gasteiger charge is 1.83. The normalized spacial score (nSPS) is 8.77. The van der Waals surface area contributed by atoms with Crippen molar-refractivity contribution in [3.05, 3.63) is 0 Å². The molecule has 0 saturated heterocycles. The first-order chi connectivity index (χ1) is 5.65. The Bertz CT molecular complexity index is 59.2. The van der Waals surface area contributed by atoms with Crippen LogP contribution in [-0.2, 0) is 0 Å². The molecule has 13 heavy (non-hydrogen) atoms. The van der Waals surface area contributed by atoms with E-state index in [0.29, 0.717) is 0 Å². The van der Waals surface area contributed by atoms with Gasteiger partial charge in [-0.2, -0.15) is 0 Å². The van der Waals surface area contributed by atoms with Crippen LogP contribution in [0.3, 0.4) is 0 Å². The van der Waals surface area contributed by atoms with Crippen molar-refractivity contribution in [2.45, 2.75) is 53.4 Å². The SMILES string of the molecule is CC(C)C.CCCCCCNO.O. The molecule has 0 aromatic heterocycles. The molecule has 0 amide bonds. The Hall–Kier alpha value is -0.120. The molecule has 0 aromatic rings. The van der Waals surface area contributed by atoms with Gasteiger partial charge in [-0.05, 0) is 12.3 Å². The maximum absolute atomic E-state index is 8.12. The van der Waals surface area contributed by atoms with Crippen molar-refractivity contribution in [3.8, 4) is 0 Å². The van der Waals surface area contributed by atoms with E-state index >= 15 is 0 Å². The summed E-state index contributed by atoms with van der Waals surface area (Å²) in [5.74, 6) is 0.833. The van der Waals surface area contributed by atoms with Gasteiger partial charge in [0.25, 0.3) is 0 Å². The fourth-order valence-corrected chi connectivity index (χ4v) is 0.631. The summed E-state index contributed by atoms with van der Waals surface area (Å²) in [7, 11) is 0. The highest BCUT2D eigenvalue weighted by Crippen LogP contribution is 1.96. The Morgan fingerprint density at radius 1 is 1.08 bits per heavy atom. The van der Waals surface area contributed by atoms with Crippen LogP contribution in [-0.4, -0.2) is 17.2 Å². The molecule has 3 nitrogen and oxygen atoms in total. The Balaban J connectivity index is -0.000000173. The second-order valence-corrected chi connectivity index (χ2v) is 3.70. The smallest absolute Gasteiger partial charge is 0.0207 e. The van der Waals surface area contributed by atoms with Crippen molar-refractivity contribution in [1.29, 1.82) is 0 Å². The van der Waals surface area contributed by atoms with Crippen LogP contribution in [0.5, 0.6) is 0 Å². The molecule has 0 fully saturated rings. The van der Waals surface area contributed by atoms with Crippen molar-refractivity contribution in [1.82, 2.24) is 5.48 Å². The summed E-state index contributed by atoms with van der Waals surface area (Å²) < 4.78 is 0. The maximum atomic E-state index is 8.12. The molecule has 0 spiro atoms. The van der Waals surface area contributed by atoms with Crippen molar-refractivity contribution in [2.75, 3.05) is 6.54 Å². The molecule has 0 saturated carbocycles. The van der Waals surface area contributed by atoms with Gasteiger partial charge in [0.05, 0.1) is 0 Å². The number of hydroxylamine groups is 1. The minimum absolute atomic E-state index is 0. The van der Waals surface area contributed by atoms with E-state index < -0.39 is 0 Å². The van der Waals surface area contributed by atoms with Gasteiger partial charge in [-0.15, -0.1) is 0 Å². The van der Waals surface area contributed by atoms with E-state index in [1.165, 1.54) is 19.3 Å². The molecule has 0 unspecified atom stereocenters. The van der Waals surface area contributed by atoms with Crippen LogP contribution >= 0.6 is 0 Å². The van der Waals surface area contributed by atoms with Crippen molar-refractivity contribution in [3.63, 3.8) is 0 Å². The molecule has 0 aliphatic heterocycles. The fraction of sp³-hybridized carbons (Fsp3) is 1.00. The molecule has 0 heterocycles. The molecule has 4 N–H and O–H groups in total. The first kappa shape index (κ1) is 18.6. The number of nitrogens with one attached hydrogen (secondary N) is 1. The van der Waals surface area contributed by atoms with Crippen molar-refractivity contribution >= 4 is 0 Å². The van der Waals surface area contributed by atoms with Gasteiger partial charge in [0.1, 0.15) is 0 Å². The topological polar surface area (TPSA) is 63.8 Å². The lowest BCUT2D eigenvalue weighted by Crippen LogP contribution is -2.07. The third kappa shape index (κ3) is 48.7. The molecule has 0 aliphatic carbocycles. The molecule has 0 aromatic carbocycles. The lowest BCUT2D eigenvalue weighted by Gasteiger charge is -1.94. The summed E-state index contributed by atoms with van der Waals surface area (Å²) in [4.78, 5) is 0. The largest absolute Gasteiger partial charge is 0.412 e. The van der Waals surface area contributed by atoms with Crippen LogP contribution in [0.4, 0.5) is 0 Å². The Morgan fingerprint density at radius 3 is 1.85 bits per heavy atom. The zero-order valence-corrected chi connectivity index (χ0v) is 9.56. The molecule has 3 heteroatoms. The monoisotopic (exact) mass is 193 g/mol. The summed E-state index contributed by atoms with van der Waals surface area (Å²) in [6.07, 6.45) is 4.85. The number of rotatable bonds is 5. The third-order valence-corrected chi connectivity index (χ3v) is 1.14. The van der Waals surface area contributed by atoms with Gasteiger partial charge >= 0.3 is 0 Å². The van der Waals surface area contributed by atoms with Gasteiger partial charge < -0.3 is 10.7 Å². The van der Waals surface area contributed by atoms with Gasteiger partial charge in [0.2, 0.25) is 0 Å². The van der Waals surface area contributed by atoms with Gasteiger partial charge in [0.15, 0.2) is 0 Å². The molecule has 0 radical (unpaired) electrons. The summed E-state index contributed by atoms with van der Waals surface area (Å²) in [6.45, 7) is 9.41. The molecule has 0 aliphatic rings. The Morgan fingerprint density at radius 2 is 1.54 bits per heavy atom. The second kappa shape index (κ2) is 17.8. The predicted molar refractivity (Wildman–Crippen MR) is 58.1 cm³/mol. The average Bonchev–Trinajstić information content (AvgIpc) is 1.97. The molecule has 0 rings (SSSR count). The van der Waals surface area contributed by atoms with Crippen molar-refractivity contribution in [2.24, 2.45) is 5.92 Å². The van der Waals surface area contributed by atoms with Crippen LogP contribution in [0.2, 0.25) is 0 Å². The van der Waals surface area contributed by atoms with E-state index in [0.717, 1.165) is 18.9 Å². The number of hydrogen-bond donors (Lipinski definition) is 2. The van der Waals surface area contributed by atoms with E-state index in [1.54, 1.807) is 0 Å². The first-order valence-corrected chi connectivity index (χ1v) is 5.02. The molecular formula is C10H27NO2. The fourth-order valence-electron chi connectivity index (χ4n) is 0.631. The quantitative estimate of drug-likeness (QED) is 0.520. The summed E-state index contributed by atoms with van der Waals surface area (Å²) >= 11 is 0. The summed E-state index contributed by atoms with van der Waals surface area (Å²) in [5.41, 5.74) is 2.13. The highest BCUT2D eigenvalue weighted by atomic mass is 16.5. The van der Waals surface area contributed by atoms with Gasteiger partial charge in [-0.3, -0.25) is 0 Å². The van der Waals surface area contributed by atoms with E-state index in [9.17, 15) is 0 Å². The zero-order valence-electron chi connectivity index (χ0n) is 9.56. The van der Waals surface area contributed by atoms with Crippen LogP contribution in [0.25, 0.3) is 0 Å². The Labute approximate surface area is 82.8 Å². The zero-order chi connectivity index (χ0) is 9.82. The lowest BCUT2D eigenvalue weighted by atomic mass is 10.2. The van der Waals surface area contributed by atoms with E-state index in [1.807, 2.05) is 0 Å². The summed E-state index contributed by atoms with van der Waals surface area (Å²) in [5, 5.41) is 8.12. The van der Waals surface area contributed by atoms with Gasteiger partial charge in [-0.25, -0.2) is 5.48 Å². The lowest BCUT2D eigenvalue weighted by molar-refractivity contribution is 0.164. The molecule has 0 bridgehead atoms. The van der Waals surface area contributed by atoms with Crippen LogP contribution in [0, 0.1) is 5.92 Å². The standard InChI is InChI=1S/C6H15NO.C4H10.H2O/c1-2-3-4-5-6-7-8;1-4(2)3;/h7-8H,2-6H2,1H3;4H,1-3H3;1H2. The number of hydrogen-bond acceptors (Lipinski definition) is 2. The Kier molecular flexibility index (Phi) is 25.5. The summed E-state index contributed by atoms with van der Waals surface area (Å²) in [6, 6.07) is 0. The third-order valence-electron chi connectivity index (χ3n) is 1.14.